The minimum absolute atomic E-state index is 0.0787. The summed E-state index contributed by atoms with van der Waals surface area (Å²) >= 11 is 1.58. The summed E-state index contributed by atoms with van der Waals surface area (Å²) in [6.07, 6.45) is 10.1. The second-order valence-corrected chi connectivity index (χ2v) is 13.9. The molecular formula is C35H41N3O6S. The Hall–Kier alpha value is -3.76. The zero-order valence-electron chi connectivity index (χ0n) is 26.1. The predicted octanol–water partition coefficient (Wildman–Crippen LogP) is 4.45. The summed E-state index contributed by atoms with van der Waals surface area (Å²) in [7, 11) is 1.60. The number of amides is 3. The number of methoxy groups -OCH3 is 1. The number of carbonyl (C=O) groups is 3. The van der Waals surface area contributed by atoms with Crippen LogP contribution in [0.5, 0.6) is 11.5 Å². The maximum Gasteiger partial charge on any atom is 0.251 e. The smallest absolute Gasteiger partial charge is 0.251 e. The molecule has 2 fully saturated rings. The van der Waals surface area contributed by atoms with E-state index in [1.54, 1.807) is 33.6 Å². The Bertz CT molecular complexity index is 1490. The van der Waals surface area contributed by atoms with Gasteiger partial charge in [-0.1, -0.05) is 24.3 Å². The molecule has 2 aromatic carbocycles. The molecule has 4 heterocycles. The number of ether oxygens (including phenoxy) is 2. The number of rotatable bonds is 10. The van der Waals surface area contributed by atoms with E-state index in [9.17, 15) is 19.5 Å². The van der Waals surface area contributed by atoms with E-state index < -0.39 is 27.4 Å². The highest BCUT2D eigenvalue weighted by Gasteiger charge is 2.74. The Kier molecular flexibility index (Phi) is 8.72. The van der Waals surface area contributed by atoms with Gasteiger partial charge in [0.25, 0.3) is 5.91 Å². The molecule has 3 amide bonds. The van der Waals surface area contributed by atoms with Gasteiger partial charge < -0.3 is 29.3 Å². The van der Waals surface area contributed by atoms with Gasteiger partial charge in [0.1, 0.15) is 17.5 Å². The van der Waals surface area contributed by atoms with E-state index in [2.05, 4.69) is 6.08 Å². The molecule has 0 bridgehead atoms. The lowest BCUT2D eigenvalue weighted by Crippen LogP contribution is -2.53. The first-order valence-corrected chi connectivity index (χ1v) is 16.6. The fraction of sp³-hybridized carbons (Fsp3) is 0.457. The molecule has 2 aromatic rings. The van der Waals surface area contributed by atoms with E-state index in [4.69, 9.17) is 9.47 Å². The van der Waals surface area contributed by atoms with Crippen molar-refractivity contribution in [2.24, 2.45) is 11.8 Å². The standard InChI is InChI=1S/C35H41N3O6S/c1-4-44-27-16-12-24(13-17-27)36-21-8-18-34(2)28(31(36)40)29-32(41)38(20-6-5-7-23-39)30-33(42)37(22-9-19-35(29,30)45-34)25-10-14-26(43-3)15-11-25/h8-19,28-30,39H,4-7,20-23H2,1-3H3/t28-,29+,30?,34+,35+/m1/s1. The minimum atomic E-state index is -0.923. The van der Waals surface area contributed by atoms with E-state index in [1.807, 2.05) is 80.6 Å². The van der Waals surface area contributed by atoms with Gasteiger partial charge in [0.2, 0.25) is 11.8 Å². The van der Waals surface area contributed by atoms with E-state index in [0.29, 0.717) is 44.8 Å². The molecule has 4 aliphatic heterocycles. The molecule has 9 nitrogen and oxygen atoms in total. The van der Waals surface area contributed by atoms with Crippen LogP contribution in [0, 0.1) is 11.8 Å². The second kappa shape index (κ2) is 12.6. The van der Waals surface area contributed by atoms with Gasteiger partial charge in [-0.2, -0.15) is 0 Å². The van der Waals surface area contributed by atoms with Crippen LogP contribution in [0.1, 0.15) is 33.1 Å². The SMILES string of the molecule is CCOc1ccc(N2CC=C[C@]3(C)S[C@]45C=CCN(c6ccc(OC)cc6)C(=O)C4N(CCCCCO)C(=O)[C@@H]5[C@@H]3C2=O)cc1. The predicted molar refractivity (Wildman–Crippen MR) is 176 cm³/mol. The molecule has 0 radical (unpaired) electrons. The summed E-state index contributed by atoms with van der Waals surface area (Å²) in [4.78, 5) is 49.2. The molecule has 1 unspecified atom stereocenters. The summed E-state index contributed by atoms with van der Waals surface area (Å²) in [5.74, 6) is -0.398. The van der Waals surface area contributed by atoms with Crippen LogP contribution < -0.4 is 19.3 Å². The molecule has 0 saturated carbocycles. The van der Waals surface area contributed by atoms with E-state index in [1.165, 1.54) is 0 Å². The van der Waals surface area contributed by atoms with Crippen molar-refractivity contribution in [3.8, 4) is 11.5 Å². The highest BCUT2D eigenvalue weighted by Crippen LogP contribution is 2.65. The second-order valence-electron chi connectivity index (χ2n) is 12.1. The maximum absolute atomic E-state index is 14.7. The third-order valence-corrected chi connectivity index (χ3v) is 11.3. The molecule has 238 valence electrons. The van der Waals surface area contributed by atoms with Crippen molar-refractivity contribution in [1.29, 1.82) is 0 Å². The Morgan fingerprint density at radius 1 is 0.822 bits per heavy atom. The zero-order chi connectivity index (χ0) is 31.8. The summed E-state index contributed by atoms with van der Waals surface area (Å²) < 4.78 is 9.33. The van der Waals surface area contributed by atoms with Gasteiger partial charge in [-0.15, -0.1) is 11.8 Å². The first-order valence-electron chi connectivity index (χ1n) is 15.7. The molecule has 2 saturated heterocycles. The lowest BCUT2D eigenvalue weighted by Gasteiger charge is -2.37. The summed E-state index contributed by atoms with van der Waals surface area (Å²) in [6, 6.07) is 14.1. The highest BCUT2D eigenvalue weighted by atomic mass is 32.2. The van der Waals surface area contributed by atoms with Crippen molar-refractivity contribution < 1.29 is 29.0 Å². The number of unbranched alkanes of at least 4 members (excludes halogenated alkanes) is 2. The zero-order valence-corrected chi connectivity index (χ0v) is 26.9. The number of nitrogens with zero attached hydrogens (tertiary/aromatic N) is 3. The van der Waals surface area contributed by atoms with E-state index in [-0.39, 0.29) is 24.3 Å². The quantitative estimate of drug-likeness (QED) is 0.306. The number of thioether (sulfide) groups is 1. The van der Waals surface area contributed by atoms with E-state index in [0.717, 1.165) is 23.5 Å². The van der Waals surface area contributed by atoms with Crippen LogP contribution in [0.3, 0.4) is 0 Å². The summed E-state index contributed by atoms with van der Waals surface area (Å²) in [5, 5.41) is 9.36. The molecule has 10 heteroatoms. The molecule has 0 aliphatic carbocycles. The number of likely N-dealkylation sites (tertiary alicyclic amines) is 1. The van der Waals surface area contributed by atoms with Crippen LogP contribution in [0.15, 0.2) is 72.8 Å². The number of fused-ring (bicyclic) bond motifs is 2. The lowest BCUT2D eigenvalue weighted by molar-refractivity contribution is -0.139. The van der Waals surface area contributed by atoms with Crippen molar-refractivity contribution in [2.75, 3.05) is 49.8 Å². The normalized spacial score (nSPS) is 28.9. The number of hydrogen-bond acceptors (Lipinski definition) is 7. The topological polar surface area (TPSA) is 99.6 Å². The number of aliphatic hydroxyl groups is 1. The third kappa shape index (κ3) is 5.31. The van der Waals surface area contributed by atoms with Gasteiger partial charge in [0.05, 0.1) is 30.3 Å². The first-order chi connectivity index (χ1) is 21.8. The van der Waals surface area contributed by atoms with Crippen molar-refractivity contribution >= 4 is 40.9 Å². The number of hydrogen-bond donors (Lipinski definition) is 1. The Morgan fingerprint density at radius 3 is 2.07 bits per heavy atom. The lowest BCUT2D eigenvalue weighted by atomic mass is 9.74. The fourth-order valence-electron chi connectivity index (χ4n) is 7.45. The highest BCUT2D eigenvalue weighted by molar-refractivity contribution is 8.02. The van der Waals surface area contributed by atoms with Crippen LogP contribution in [0.4, 0.5) is 11.4 Å². The van der Waals surface area contributed by atoms with E-state index >= 15 is 0 Å². The van der Waals surface area contributed by atoms with Crippen LogP contribution >= 0.6 is 11.8 Å². The first kappa shape index (κ1) is 31.2. The van der Waals surface area contributed by atoms with Gasteiger partial charge in [0.15, 0.2) is 0 Å². The number of benzene rings is 2. The van der Waals surface area contributed by atoms with Crippen LogP contribution in [-0.4, -0.2) is 83.2 Å². The monoisotopic (exact) mass is 631 g/mol. The molecule has 5 atom stereocenters. The van der Waals surface area contributed by atoms with Gasteiger partial charge in [-0.3, -0.25) is 14.4 Å². The summed E-state index contributed by atoms with van der Waals surface area (Å²) in [6.45, 7) is 5.72. The van der Waals surface area contributed by atoms with Gasteiger partial charge in [-0.25, -0.2) is 0 Å². The van der Waals surface area contributed by atoms with Crippen molar-refractivity contribution in [2.45, 2.75) is 48.6 Å². The van der Waals surface area contributed by atoms with Crippen molar-refractivity contribution in [3.63, 3.8) is 0 Å². The molecule has 1 spiro atoms. The molecule has 6 rings (SSSR count). The number of aliphatic hydroxyl groups excluding tert-OH is 1. The van der Waals surface area contributed by atoms with Gasteiger partial charge in [-0.05, 0) is 81.6 Å². The Balaban J connectivity index is 1.40. The Morgan fingerprint density at radius 2 is 1.44 bits per heavy atom. The molecule has 4 aliphatic rings. The third-order valence-electron chi connectivity index (χ3n) is 9.46. The molecular weight excluding hydrogens is 590 g/mol. The van der Waals surface area contributed by atoms with Crippen molar-refractivity contribution in [3.05, 3.63) is 72.8 Å². The minimum Gasteiger partial charge on any atom is -0.497 e. The maximum atomic E-state index is 14.7. The molecule has 45 heavy (non-hydrogen) atoms. The summed E-state index contributed by atoms with van der Waals surface area (Å²) in [5.41, 5.74) is 1.46. The van der Waals surface area contributed by atoms with Crippen LogP contribution in [-0.2, 0) is 14.4 Å². The fourth-order valence-corrected chi connectivity index (χ4v) is 9.60. The average Bonchev–Trinajstić information content (AvgIpc) is 3.30. The Labute approximate surface area is 268 Å². The largest absolute Gasteiger partial charge is 0.497 e. The molecule has 1 N–H and O–H groups in total. The van der Waals surface area contributed by atoms with Gasteiger partial charge in [0, 0.05) is 42.4 Å². The van der Waals surface area contributed by atoms with Gasteiger partial charge >= 0.3 is 0 Å². The van der Waals surface area contributed by atoms with Crippen LogP contribution in [0.2, 0.25) is 0 Å². The number of carbonyl (C=O) groups excluding carboxylic acids is 3. The molecule has 0 aromatic heterocycles. The van der Waals surface area contributed by atoms with Crippen LogP contribution in [0.25, 0.3) is 0 Å². The van der Waals surface area contributed by atoms with Crippen molar-refractivity contribution in [1.82, 2.24) is 4.90 Å². The average molecular weight is 632 g/mol. The number of anilines is 2.